The second-order valence-electron chi connectivity index (χ2n) is 7.29. The van der Waals surface area contributed by atoms with E-state index >= 15 is 0 Å². The molecule has 0 aliphatic carbocycles. The summed E-state index contributed by atoms with van der Waals surface area (Å²) in [5, 5.41) is 4.74. The van der Waals surface area contributed by atoms with Crippen LogP contribution >= 0.6 is 11.3 Å². The number of benzene rings is 1. The number of nitrogens with one attached hydrogen (secondary N) is 1. The van der Waals surface area contributed by atoms with Gasteiger partial charge in [-0.15, -0.1) is 11.3 Å². The van der Waals surface area contributed by atoms with Crippen molar-refractivity contribution in [2.45, 2.75) is 12.5 Å². The van der Waals surface area contributed by atoms with Gasteiger partial charge in [-0.1, -0.05) is 36.4 Å². The first-order valence-electron chi connectivity index (χ1n) is 10.1. The number of rotatable bonds is 6. The van der Waals surface area contributed by atoms with E-state index in [1.807, 2.05) is 41.8 Å². The second kappa shape index (κ2) is 9.61. The highest BCUT2D eigenvalue weighted by molar-refractivity contribution is 7.12. The molecule has 1 fully saturated rings. The van der Waals surface area contributed by atoms with Gasteiger partial charge in [-0.25, -0.2) is 0 Å². The molecule has 31 heavy (non-hydrogen) atoms. The first-order valence-corrected chi connectivity index (χ1v) is 11.0. The highest BCUT2D eigenvalue weighted by atomic mass is 32.1. The molecule has 2 aromatic heterocycles. The van der Waals surface area contributed by atoms with Crippen LogP contribution in [0.1, 0.15) is 25.8 Å². The van der Waals surface area contributed by atoms with Crippen LogP contribution in [0.5, 0.6) is 0 Å². The van der Waals surface area contributed by atoms with Crippen molar-refractivity contribution < 1.29 is 18.8 Å². The lowest BCUT2D eigenvalue weighted by molar-refractivity contribution is -0.134. The Morgan fingerprint density at radius 3 is 2.32 bits per heavy atom. The third kappa shape index (κ3) is 5.03. The zero-order valence-corrected chi connectivity index (χ0v) is 17.7. The van der Waals surface area contributed by atoms with Gasteiger partial charge in [0, 0.05) is 32.6 Å². The molecular formula is C23H23N3O4S. The van der Waals surface area contributed by atoms with Crippen molar-refractivity contribution in [3.63, 3.8) is 0 Å². The van der Waals surface area contributed by atoms with Crippen LogP contribution in [0.15, 0.2) is 70.7 Å². The van der Waals surface area contributed by atoms with E-state index in [4.69, 9.17) is 4.42 Å². The zero-order chi connectivity index (χ0) is 21.6. The fourth-order valence-electron chi connectivity index (χ4n) is 3.59. The number of hydrogen-bond donors (Lipinski definition) is 1. The number of amides is 3. The molecule has 1 N–H and O–H groups in total. The van der Waals surface area contributed by atoms with Gasteiger partial charge in [-0.05, 0) is 29.1 Å². The molecule has 4 rings (SSSR count). The minimum atomic E-state index is -0.677. The molecular weight excluding hydrogens is 414 g/mol. The highest BCUT2D eigenvalue weighted by Crippen LogP contribution is 2.14. The largest absolute Gasteiger partial charge is 0.459 e. The summed E-state index contributed by atoms with van der Waals surface area (Å²) in [6.45, 7) is 1.65. The maximum Gasteiger partial charge on any atom is 0.289 e. The molecule has 0 spiro atoms. The average Bonchev–Trinajstić information content (AvgIpc) is 3.53. The Morgan fingerprint density at radius 2 is 1.68 bits per heavy atom. The Morgan fingerprint density at radius 1 is 0.935 bits per heavy atom. The van der Waals surface area contributed by atoms with Crippen LogP contribution in [0.2, 0.25) is 0 Å². The Labute approximate surface area is 184 Å². The van der Waals surface area contributed by atoms with Crippen molar-refractivity contribution in [2.24, 2.45) is 0 Å². The van der Waals surface area contributed by atoms with E-state index in [0.29, 0.717) is 43.2 Å². The van der Waals surface area contributed by atoms with Gasteiger partial charge in [0.1, 0.15) is 6.04 Å². The van der Waals surface area contributed by atoms with Crippen molar-refractivity contribution in [3.05, 3.63) is 82.4 Å². The van der Waals surface area contributed by atoms with Crippen LogP contribution in [0.3, 0.4) is 0 Å². The Hall–Kier alpha value is -3.39. The van der Waals surface area contributed by atoms with Crippen molar-refractivity contribution in [1.29, 1.82) is 0 Å². The summed E-state index contributed by atoms with van der Waals surface area (Å²) in [7, 11) is 0. The van der Waals surface area contributed by atoms with E-state index in [-0.39, 0.29) is 17.7 Å². The van der Waals surface area contributed by atoms with Crippen molar-refractivity contribution in [3.8, 4) is 0 Å². The molecule has 160 valence electrons. The van der Waals surface area contributed by atoms with Crippen LogP contribution in [0.4, 0.5) is 0 Å². The topological polar surface area (TPSA) is 82.9 Å². The molecule has 1 saturated heterocycles. The van der Waals surface area contributed by atoms with Gasteiger partial charge in [0.25, 0.3) is 11.8 Å². The number of piperazine rings is 1. The van der Waals surface area contributed by atoms with Gasteiger partial charge in [-0.3, -0.25) is 14.4 Å². The maximum absolute atomic E-state index is 13.3. The van der Waals surface area contributed by atoms with E-state index in [1.54, 1.807) is 28.0 Å². The molecule has 8 heteroatoms. The fraction of sp³-hybridized carbons (Fsp3) is 0.261. The summed E-state index contributed by atoms with van der Waals surface area (Å²) in [6, 6.07) is 15.8. The molecule has 1 aromatic carbocycles. The Kier molecular flexibility index (Phi) is 6.47. The van der Waals surface area contributed by atoms with Crippen LogP contribution in [-0.4, -0.2) is 59.7 Å². The van der Waals surface area contributed by atoms with Crippen LogP contribution in [-0.2, 0) is 11.2 Å². The van der Waals surface area contributed by atoms with Gasteiger partial charge in [-0.2, -0.15) is 0 Å². The van der Waals surface area contributed by atoms with Crippen molar-refractivity contribution in [1.82, 2.24) is 15.1 Å². The number of nitrogens with zero attached hydrogens (tertiary/aromatic N) is 2. The van der Waals surface area contributed by atoms with Crippen molar-refractivity contribution in [2.75, 3.05) is 26.2 Å². The average molecular weight is 438 g/mol. The quantitative estimate of drug-likeness (QED) is 0.643. The predicted octanol–water partition coefficient (Wildman–Crippen LogP) is 2.67. The molecule has 3 heterocycles. The van der Waals surface area contributed by atoms with Gasteiger partial charge < -0.3 is 19.5 Å². The van der Waals surface area contributed by atoms with Crippen LogP contribution in [0, 0.1) is 0 Å². The molecule has 3 aromatic rings. The van der Waals surface area contributed by atoms with Gasteiger partial charge in [0.2, 0.25) is 5.91 Å². The van der Waals surface area contributed by atoms with E-state index in [0.717, 1.165) is 5.56 Å². The highest BCUT2D eigenvalue weighted by Gasteiger charge is 2.31. The summed E-state index contributed by atoms with van der Waals surface area (Å²) in [6.07, 6.45) is 1.87. The minimum absolute atomic E-state index is 0.140. The number of carbonyl (C=O) groups excluding carboxylic acids is 3. The molecule has 1 unspecified atom stereocenters. The number of thiophene rings is 1. The molecule has 0 bridgehead atoms. The third-order valence-corrected chi connectivity index (χ3v) is 6.11. The molecule has 0 radical (unpaired) electrons. The van der Waals surface area contributed by atoms with Gasteiger partial charge in [0.05, 0.1) is 11.1 Å². The molecule has 1 aliphatic heterocycles. The molecule has 7 nitrogen and oxygen atoms in total. The molecule has 1 aliphatic rings. The summed E-state index contributed by atoms with van der Waals surface area (Å²) >= 11 is 1.34. The first kappa shape index (κ1) is 20.9. The van der Waals surface area contributed by atoms with Crippen molar-refractivity contribution >= 4 is 29.1 Å². The standard InChI is InChI=1S/C23H23N3O4S/c27-21(20-9-5-15-31-20)24-18(16-17-6-2-1-3-7-17)22(28)25-10-12-26(13-11-25)23(29)19-8-4-14-30-19/h1-9,14-15,18H,10-13,16H2,(H,24,27). The Bertz CT molecular complexity index is 1010. The van der Waals surface area contributed by atoms with E-state index in [9.17, 15) is 14.4 Å². The first-order chi connectivity index (χ1) is 15.1. The zero-order valence-electron chi connectivity index (χ0n) is 16.9. The lowest BCUT2D eigenvalue weighted by Crippen LogP contribution is -2.56. The lowest BCUT2D eigenvalue weighted by atomic mass is 10.0. The second-order valence-corrected chi connectivity index (χ2v) is 8.24. The lowest BCUT2D eigenvalue weighted by Gasteiger charge is -2.36. The summed E-state index contributed by atoms with van der Waals surface area (Å²) < 4.78 is 5.19. The summed E-state index contributed by atoms with van der Waals surface area (Å²) in [5.41, 5.74) is 0.971. The monoisotopic (exact) mass is 437 g/mol. The normalized spacial score (nSPS) is 14.8. The van der Waals surface area contributed by atoms with Crippen LogP contribution in [0.25, 0.3) is 0 Å². The summed E-state index contributed by atoms with van der Waals surface area (Å²) in [4.78, 5) is 42.4. The number of hydrogen-bond acceptors (Lipinski definition) is 5. The minimum Gasteiger partial charge on any atom is -0.459 e. The van der Waals surface area contributed by atoms with E-state index < -0.39 is 6.04 Å². The number of carbonyl (C=O) groups is 3. The van der Waals surface area contributed by atoms with Crippen LogP contribution < -0.4 is 5.32 Å². The van der Waals surface area contributed by atoms with Gasteiger partial charge in [0.15, 0.2) is 5.76 Å². The third-order valence-electron chi connectivity index (χ3n) is 5.24. The number of furan rings is 1. The molecule has 1 atom stereocenters. The molecule has 3 amide bonds. The van der Waals surface area contributed by atoms with Gasteiger partial charge >= 0.3 is 0 Å². The maximum atomic E-state index is 13.3. The summed E-state index contributed by atoms with van der Waals surface area (Å²) in [5.74, 6) is -0.274. The van der Waals surface area contributed by atoms with E-state index in [1.165, 1.54) is 17.6 Å². The Balaban J connectivity index is 1.42. The SMILES string of the molecule is O=C(NC(Cc1ccccc1)C(=O)N1CCN(C(=O)c2ccco2)CC1)c1cccs1. The van der Waals surface area contributed by atoms with E-state index in [2.05, 4.69) is 5.32 Å². The molecule has 0 saturated carbocycles. The predicted molar refractivity (Wildman–Crippen MR) is 117 cm³/mol. The smallest absolute Gasteiger partial charge is 0.289 e. The fourth-order valence-corrected chi connectivity index (χ4v) is 4.22.